The lowest BCUT2D eigenvalue weighted by atomic mass is 10.1. The Balaban J connectivity index is 2.20. The van der Waals surface area contributed by atoms with Crippen molar-refractivity contribution in [3.63, 3.8) is 0 Å². The highest BCUT2D eigenvalue weighted by molar-refractivity contribution is 4.70. The van der Waals surface area contributed by atoms with E-state index < -0.39 is 0 Å². The Labute approximate surface area is 55.7 Å². The second kappa shape index (κ2) is 3.15. The average Bonchev–Trinajstić information content (AvgIpc) is 2.34. The zero-order chi connectivity index (χ0) is 6.69. The van der Waals surface area contributed by atoms with E-state index in [0.717, 1.165) is 19.6 Å². The van der Waals surface area contributed by atoms with Crippen molar-refractivity contribution in [1.82, 2.24) is 5.06 Å². The van der Waals surface area contributed by atoms with Gasteiger partial charge in [-0.1, -0.05) is 0 Å². The SMILES string of the molecule is CON1CCC(CN)C1. The lowest BCUT2D eigenvalue weighted by molar-refractivity contribution is -0.114. The zero-order valence-electron chi connectivity index (χ0n) is 5.84. The van der Waals surface area contributed by atoms with E-state index in [-0.39, 0.29) is 0 Å². The third kappa shape index (κ3) is 1.64. The van der Waals surface area contributed by atoms with E-state index >= 15 is 0 Å². The molecule has 1 aliphatic heterocycles. The highest BCUT2D eigenvalue weighted by atomic mass is 16.7. The van der Waals surface area contributed by atoms with E-state index in [2.05, 4.69) is 0 Å². The van der Waals surface area contributed by atoms with Crippen LogP contribution in [0.25, 0.3) is 0 Å². The number of hydrogen-bond acceptors (Lipinski definition) is 3. The molecule has 0 spiro atoms. The summed E-state index contributed by atoms with van der Waals surface area (Å²) in [5.41, 5.74) is 5.47. The molecule has 0 radical (unpaired) electrons. The molecule has 3 nitrogen and oxygen atoms in total. The first-order valence-corrected chi connectivity index (χ1v) is 3.36. The van der Waals surface area contributed by atoms with Gasteiger partial charge in [-0.3, -0.25) is 0 Å². The van der Waals surface area contributed by atoms with Crippen LogP contribution in [0.1, 0.15) is 6.42 Å². The number of hydroxylamine groups is 2. The van der Waals surface area contributed by atoms with Crippen LogP contribution in [0.3, 0.4) is 0 Å². The molecule has 1 atom stereocenters. The van der Waals surface area contributed by atoms with E-state index in [4.69, 9.17) is 10.6 Å². The first kappa shape index (κ1) is 6.99. The van der Waals surface area contributed by atoms with Gasteiger partial charge in [0.05, 0.1) is 7.11 Å². The van der Waals surface area contributed by atoms with Gasteiger partial charge in [0.2, 0.25) is 0 Å². The molecule has 0 amide bonds. The van der Waals surface area contributed by atoms with Crippen LogP contribution in [0.4, 0.5) is 0 Å². The minimum atomic E-state index is 0.657. The van der Waals surface area contributed by atoms with Gasteiger partial charge in [-0.15, -0.1) is 0 Å². The molecule has 0 aromatic carbocycles. The molecule has 0 aromatic rings. The molecule has 2 N–H and O–H groups in total. The van der Waals surface area contributed by atoms with E-state index in [0.29, 0.717) is 5.92 Å². The minimum Gasteiger partial charge on any atom is -0.330 e. The summed E-state index contributed by atoms with van der Waals surface area (Å²) in [5.74, 6) is 0.657. The summed E-state index contributed by atoms with van der Waals surface area (Å²) in [6, 6.07) is 0. The second-order valence-corrected chi connectivity index (χ2v) is 2.46. The lowest BCUT2D eigenvalue weighted by Gasteiger charge is -2.10. The highest BCUT2D eigenvalue weighted by Crippen LogP contribution is 2.13. The smallest absolute Gasteiger partial charge is 0.0575 e. The molecule has 1 aliphatic rings. The third-order valence-electron chi connectivity index (χ3n) is 1.84. The van der Waals surface area contributed by atoms with Gasteiger partial charge in [-0.2, -0.15) is 5.06 Å². The van der Waals surface area contributed by atoms with Crippen LogP contribution in [-0.4, -0.2) is 31.8 Å². The van der Waals surface area contributed by atoms with Crippen molar-refractivity contribution in [1.29, 1.82) is 0 Å². The van der Waals surface area contributed by atoms with E-state index in [9.17, 15) is 0 Å². The Morgan fingerprint density at radius 3 is 2.89 bits per heavy atom. The quantitative estimate of drug-likeness (QED) is 0.564. The van der Waals surface area contributed by atoms with Crippen molar-refractivity contribution in [3.8, 4) is 0 Å². The Kier molecular flexibility index (Phi) is 2.45. The summed E-state index contributed by atoms with van der Waals surface area (Å²) in [5, 5.41) is 1.96. The maximum atomic E-state index is 5.47. The van der Waals surface area contributed by atoms with Crippen molar-refractivity contribution in [2.24, 2.45) is 11.7 Å². The molecule has 3 heteroatoms. The van der Waals surface area contributed by atoms with Gasteiger partial charge in [0.1, 0.15) is 0 Å². The van der Waals surface area contributed by atoms with Gasteiger partial charge in [0.15, 0.2) is 0 Å². The van der Waals surface area contributed by atoms with Gasteiger partial charge in [0, 0.05) is 13.1 Å². The molecule has 9 heavy (non-hydrogen) atoms. The standard InChI is InChI=1S/C6H14N2O/c1-9-8-3-2-6(4-7)5-8/h6H,2-5,7H2,1H3. The largest absolute Gasteiger partial charge is 0.330 e. The zero-order valence-corrected chi connectivity index (χ0v) is 5.84. The maximum Gasteiger partial charge on any atom is 0.0575 e. The summed E-state index contributed by atoms with van der Waals surface area (Å²) >= 11 is 0. The predicted octanol–water partition coefficient (Wildman–Crippen LogP) is -0.172. The Morgan fingerprint density at radius 2 is 2.56 bits per heavy atom. The molecule has 0 aliphatic carbocycles. The average molecular weight is 130 g/mol. The van der Waals surface area contributed by atoms with Crippen molar-refractivity contribution in [2.75, 3.05) is 26.7 Å². The highest BCUT2D eigenvalue weighted by Gasteiger charge is 2.20. The molecule has 1 rings (SSSR count). The molecular weight excluding hydrogens is 116 g/mol. The normalized spacial score (nSPS) is 29.3. The van der Waals surface area contributed by atoms with Gasteiger partial charge in [-0.05, 0) is 18.9 Å². The summed E-state index contributed by atoms with van der Waals surface area (Å²) in [6.07, 6.45) is 1.18. The van der Waals surface area contributed by atoms with Crippen LogP contribution in [-0.2, 0) is 4.84 Å². The van der Waals surface area contributed by atoms with Crippen LogP contribution in [0.5, 0.6) is 0 Å². The van der Waals surface area contributed by atoms with Crippen LogP contribution in [0.2, 0.25) is 0 Å². The monoisotopic (exact) mass is 130 g/mol. The summed E-state index contributed by atoms with van der Waals surface area (Å²) in [4.78, 5) is 5.02. The fourth-order valence-electron chi connectivity index (χ4n) is 1.16. The summed E-state index contributed by atoms with van der Waals surface area (Å²) < 4.78 is 0. The number of nitrogens with zero attached hydrogens (tertiary/aromatic N) is 1. The molecule has 0 aromatic heterocycles. The van der Waals surface area contributed by atoms with Crippen LogP contribution in [0.15, 0.2) is 0 Å². The first-order chi connectivity index (χ1) is 4.36. The van der Waals surface area contributed by atoms with Crippen LogP contribution in [0, 0.1) is 5.92 Å². The maximum absolute atomic E-state index is 5.47. The molecule has 1 fully saturated rings. The molecule has 1 unspecified atom stereocenters. The Morgan fingerprint density at radius 1 is 1.78 bits per heavy atom. The second-order valence-electron chi connectivity index (χ2n) is 2.46. The first-order valence-electron chi connectivity index (χ1n) is 3.36. The van der Waals surface area contributed by atoms with Gasteiger partial charge in [0.25, 0.3) is 0 Å². The fourth-order valence-corrected chi connectivity index (χ4v) is 1.16. The number of nitrogens with two attached hydrogens (primary N) is 1. The van der Waals surface area contributed by atoms with Crippen LogP contribution < -0.4 is 5.73 Å². The van der Waals surface area contributed by atoms with Gasteiger partial charge in [-0.25, -0.2) is 0 Å². The predicted molar refractivity (Wildman–Crippen MR) is 35.7 cm³/mol. The van der Waals surface area contributed by atoms with Crippen molar-refractivity contribution in [3.05, 3.63) is 0 Å². The van der Waals surface area contributed by atoms with Gasteiger partial charge >= 0.3 is 0 Å². The van der Waals surface area contributed by atoms with Crippen molar-refractivity contribution >= 4 is 0 Å². The van der Waals surface area contributed by atoms with Gasteiger partial charge < -0.3 is 10.6 Å². The molecule has 0 saturated carbocycles. The molecule has 1 saturated heterocycles. The van der Waals surface area contributed by atoms with Crippen molar-refractivity contribution < 1.29 is 4.84 Å². The minimum absolute atomic E-state index is 0.657. The number of rotatable bonds is 2. The Hall–Kier alpha value is -0.120. The molecule has 1 heterocycles. The molecule has 54 valence electrons. The van der Waals surface area contributed by atoms with E-state index in [1.54, 1.807) is 7.11 Å². The lowest BCUT2D eigenvalue weighted by Crippen LogP contribution is -2.21. The Bertz CT molecular complexity index is 77.1. The fraction of sp³-hybridized carbons (Fsp3) is 1.00. The topological polar surface area (TPSA) is 38.5 Å². The van der Waals surface area contributed by atoms with Crippen LogP contribution >= 0.6 is 0 Å². The summed E-state index contributed by atoms with van der Waals surface area (Å²) in [7, 11) is 1.71. The molecule has 0 bridgehead atoms. The summed E-state index contributed by atoms with van der Waals surface area (Å²) in [6.45, 7) is 2.84. The number of hydrogen-bond donors (Lipinski definition) is 1. The van der Waals surface area contributed by atoms with E-state index in [1.165, 1.54) is 6.42 Å². The molecular formula is C6H14N2O. The van der Waals surface area contributed by atoms with E-state index in [1.807, 2.05) is 5.06 Å². The third-order valence-corrected chi connectivity index (χ3v) is 1.84. The van der Waals surface area contributed by atoms with Crippen molar-refractivity contribution in [2.45, 2.75) is 6.42 Å².